The number of hydrogen-bond acceptors (Lipinski definition) is 3. The van der Waals surface area contributed by atoms with Crippen molar-refractivity contribution in [3.05, 3.63) is 35.4 Å². The topological polar surface area (TPSA) is 60.9 Å². The molecule has 0 spiro atoms. The lowest BCUT2D eigenvalue weighted by Crippen LogP contribution is -2.52. The van der Waals surface area contributed by atoms with Crippen molar-refractivity contribution in [3.8, 4) is 0 Å². The molecule has 28 heavy (non-hydrogen) atoms. The molecule has 0 aliphatic carbocycles. The summed E-state index contributed by atoms with van der Waals surface area (Å²) in [4.78, 5) is 42.0. The van der Waals surface area contributed by atoms with Crippen molar-refractivity contribution in [3.63, 3.8) is 0 Å². The van der Waals surface area contributed by atoms with Crippen molar-refractivity contribution in [2.24, 2.45) is 0 Å². The highest BCUT2D eigenvalue weighted by Crippen LogP contribution is 2.32. The number of benzene rings is 1. The molecule has 3 rings (SSSR count). The molecule has 2 fully saturated rings. The third kappa shape index (κ3) is 3.77. The van der Waals surface area contributed by atoms with Crippen LogP contribution in [0, 0.1) is 0 Å². The van der Waals surface area contributed by atoms with Gasteiger partial charge in [-0.25, -0.2) is 0 Å². The van der Waals surface area contributed by atoms with E-state index in [1.807, 2.05) is 21.9 Å². The van der Waals surface area contributed by atoms with Crippen LogP contribution in [0.1, 0.15) is 56.5 Å². The molecule has 0 unspecified atom stereocenters. The van der Waals surface area contributed by atoms with Crippen LogP contribution < -0.4 is 0 Å². The van der Waals surface area contributed by atoms with Gasteiger partial charge in [-0.05, 0) is 36.0 Å². The molecule has 6 heteroatoms. The standard InChI is InChI=1S/C22H31N3O3/c1-6-22(3,4)17-9-7-16(8-10-17)21(28)25-13-18-11-19(25)12-24(18)20(27)14-23(5)15(2)26/h7-10,18-19H,6,11-14H2,1-5H3/t18-,19-/m0/s1. The molecular weight excluding hydrogens is 354 g/mol. The summed E-state index contributed by atoms with van der Waals surface area (Å²) in [6, 6.07) is 8.07. The minimum Gasteiger partial charge on any atom is -0.337 e. The number of fused-ring (bicyclic) bond motifs is 2. The molecule has 0 N–H and O–H groups in total. The molecular formula is C22H31N3O3. The van der Waals surface area contributed by atoms with E-state index in [1.54, 1.807) is 7.05 Å². The summed E-state index contributed by atoms with van der Waals surface area (Å²) >= 11 is 0. The SMILES string of the molecule is CCC(C)(C)c1ccc(C(=O)N2C[C@@H]3C[C@H]2CN3C(=O)CN(C)C(C)=O)cc1. The third-order valence-corrected chi connectivity index (χ3v) is 6.53. The van der Waals surface area contributed by atoms with E-state index in [1.165, 1.54) is 17.4 Å². The molecule has 1 aromatic rings. The predicted molar refractivity (Wildman–Crippen MR) is 108 cm³/mol. The average molecular weight is 386 g/mol. The monoisotopic (exact) mass is 385 g/mol. The fraction of sp³-hybridized carbons (Fsp3) is 0.591. The molecule has 0 saturated carbocycles. The van der Waals surface area contributed by atoms with E-state index in [2.05, 4.69) is 32.9 Å². The molecule has 2 heterocycles. The Balaban J connectivity index is 1.63. The van der Waals surface area contributed by atoms with E-state index >= 15 is 0 Å². The Kier molecular flexibility index (Phi) is 5.50. The predicted octanol–water partition coefficient (Wildman–Crippen LogP) is 2.28. The Morgan fingerprint density at radius 2 is 1.64 bits per heavy atom. The molecule has 2 atom stereocenters. The minimum absolute atomic E-state index is 0.0385. The number of carbonyl (C=O) groups is 3. The highest BCUT2D eigenvalue weighted by Gasteiger charge is 2.47. The Bertz CT molecular complexity index is 772. The van der Waals surface area contributed by atoms with E-state index in [9.17, 15) is 14.4 Å². The van der Waals surface area contributed by atoms with Gasteiger partial charge in [-0.1, -0.05) is 32.9 Å². The molecule has 2 saturated heterocycles. The maximum Gasteiger partial charge on any atom is 0.254 e. The van der Waals surface area contributed by atoms with Crippen LogP contribution in [0.5, 0.6) is 0 Å². The number of nitrogens with zero attached hydrogens (tertiary/aromatic N) is 3. The molecule has 0 radical (unpaired) electrons. The minimum atomic E-state index is -0.121. The summed E-state index contributed by atoms with van der Waals surface area (Å²) in [7, 11) is 1.63. The van der Waals surface area contributed by atoms with Crippen LogP contribution in [0.25, 0.3) is 0 Å². The lowest BCUT2D eigenvalue weighted by atomic mass is 9.82. The number of hydrogen-bond donors (Lipinski definition) is 0. The summed E-state index contributed by atoms with van der Waals surface area (Å²) < 4.78 is 0. The first kappa shape index (κ1) is 20.4. The van der Waals surface area contributed by atoms with Crippen molar-refractivity contribution in [1.29, 1.82) is 0 Å². The quantitative estimate of drug-likeness (QED) is 0.781. The van der Waals surface area contributed by atoms with Gasteiger partial charge in [-0.15, -0.1) is 0 Å². The van der Waals surface area contributed by atoms with Crippen LogP contribution in [-0.4, -0.2) is 71.2 Å². The number of piperazine rings is 1. The second-order valence-electron chi connectivity index (χ2n) is 8.74. The van der Waals surface area contributed by atoms with Gasteiger partial charge in [-0.2, -0.15) is 0 Å². The van der Waals surface area contributed by atoms with Crippen LogP contribution in [-0.2, 0) is 15.0 Å². The Hall–Kier alpha value is -2.37. The second-order valence-corrected chi connectivity index (χ2v) is 8.74. The van der Waals surface area contributed by atoms with Crippen molar-refractivity contribution < 1.29 is 14.4 Å². The van der Waals surface area contributed by atoms with Crippen molar-refractivity contribution in [1.82, 2.24) is 14.7 Å². The van der Waals surface area contributed by atoms with Crippen molar-refractivity contribution >= 4 is 17.7 Å². The largest absolute Gasteiger partial charge is 0.337 e. The Morgan fingerprint density at radius 1 is 1.07 bits per heavy atom. The number of likely N-dealkylation sites (N-methyl/N-ethyl adjacent to an activating group) is 1. The van der Waals surface area contributed by atoms with Gasteiger partial charge in [0, 0.05) is 32.6 Å². The summed E-state index contributed by atoms with van der Waals surface area (Å²) in [5, 5.41) is 0. The van der Waals surface area contributed by atoms with Crippen LogP contribution in [0.3, 0.4) is 0 Å². The zero-order valence-corrected chi connectivity index (χ0v) is 17.6. The molecule has 0 aromatic heterocycles. The first-order valence-corrected chi connectivity index (χ1v) is 10.1. The van der Waals surface area contributed by atoms with Crippen LogP contribution in [0.4, 0.5) is 0 Å². The van der Waals surface area contributed by atoms with Gasteiger partial charge in [0.1, 0.15) is 0 Å². The number of likely N-dealkylation sites (tertiary alicyclic amines) is 2. The zero-order valence-electron chi connectivity index (χ0n) is 17.6. The maximum absolute atomic E-state index is 13.0. The summed E-state index contributed by atoms with van der Waals surface area (Å²) in [6.07, 6.45) is 1.86. The summed E-state index contributed by atoms with van der Waals surface area (Å²) in [5.74, 6) is -0.117. The molecule has 3 amide bonds. The summed E-state index contributed by atoms with van der Waals surface area (Å²) in [6.45, 7) is 9.26. The van der Waals surface area contributed by atoms with Gasteiger partial charge in [0.25, 0.3) is 5.91 Å². The molecule has 6 nitrogen and oxygen atoms in total. The van der Waals surface area contributed by atoms with E-state index in [-0.39, 0.29) is 41.8 Å². The molecule has 2 aliphatic rings. The normalized spacial score (nSPS) is 21.2. The lowest BCUT2D eigenvalue weighted by Gasteiger charge is -2.35. The van der Waals surface area contributed by atoms with Gasteiger partial charge in [-0.3, -0.25) is 14.4 Å². The highest BCUT2D eigenvalue weighted by molar-refractivity contribution is 5.95. The number of rotatable bonds is 5. The van der Waals surface area contributed by atoms with Crippen molar-refractivity contribution in [2.45, 2.75) is 58.0 Å². The van der Waals surface area contributed by atoms with Gasteiger partial charge in [0.15, 0.2) is 0 Å². The van der Waals surface area contributed by atoms with Gasteiger partial charge in [0.05, 0.1) is 18.6 Å². The fourth-order valence-electron chi connectivity index (χ4n) is 4.06. The molecule has 1 aromatic carbocycles. The lowest BCUT2D eigenvalue weighted by molar-refractivity contribution is -0.139. The van der Waals surface area contributed by atoms with Gasteiger partial charge >= 0.3 is 0 Å². The first-order valence-electron chi connectivity index (χ1n) is 10.1. The Labute approximate surface area is 167 Å². The van der Waals surface area contributed by atoms with Crippen LogP contribution in [0.2, 0.25) is 0 Å². The van der Waals surface area contributed by atoms with Crippen molar-refractivity contribution in [2.75, 3.05) is 26.7 Å². The van der Waals surface area contributed by atoms with Gasteiger partial charge < -0.3 is 14.7 Å². The third-order valence-electron chi connectivity index (χ3n) is 6.53. The summed E-state index contributed by atoms with van der Waals surface area (Å²) in [5.41, 5.74) is 2.04. The van der Waals surface area contributed by atoms with E-state index in [4.69, 9.17) is 0 Å². The Morgan fingerprint density at radius 3 is 2.14 bits per heavy atom. The van der Waals surface area contributed by atoms with E-state index in [0.29, 0.717) is 18.7 Å². The molecule has 2 bridgehead atoms. The van der Waals surface area contributed by atoms with Crippen LogP contribution in [0.15, 0.2) is 24.3 Å². The highest BCUT2D eigenvalue weighted by atomic mass is 16.2. The molecule has 152 valence electrons. The average Bonchev–Trinajstić information content (AvgIpc) is 3.28. The van der Waals surface area contributed by atoms with Crippen LogP contribution >= 0.6 is 0 Å². The van der Waals surface area contributed by atoms with Gasteiger partial charge in [0.2, 0.25) is 11.8 Å². The second kappa shape index (κ2) is 7.57. The maximum atomic E-state index is 13.0. The number of amides is 3. The number of carbonyl (C=O) groups excluding carboxylic acids is 3. The zero-order chi connectivity index (χ0) is 20.6. The van der Waals surface area contributed by atoms with E-state index in [0.717, 1.165) is 12.8 Å². The smallest absolute Gasteiger partial charge is 0.254 e. The van der Waals surface area contributed by atoms with E-state index < -0.39 is 0 Å². The first-order chi connectivity index (χ1) is 13.1. The molecule has 2 aliphatic heterocycles. The fourth-order valence-corrected chi connectivity index (χ4v) is 4.06.